The Labute approximate surface area is 130 Å². The van der Waals surface area contributed by atoms with Crippen LogP contribution in [0.3, 0.4) is 0 Å². The van der Waals surface area contributed by atoms with Crippen LogP contribution in [0.2, 0.25) is 5.02 Å². The van der Waals surface area contributed by atoms with E-state index in [9.17, 15) is 4.79 Å². The Morgan fingerprint density at radius 2 is 2.05 bits per heavy atom. The van der Waals surface area contributed by atoms with Crippen molar-refractivity contribution < 1.29 is 9.53 Å². The number of hydrogen-bond acceptors (Lipinski definition) is 3. The molecule has 0 aliphatic rings. The first-order valence-electron chi connectivity index (χ1n) is 5.94. The van der Waals surface area contributed by atoms with Gasteiger partial charge in [-0.1, -0.05) is 39.7 Å². The molecule has 0 spiro atoms. The number of aryl methyl sites for hydroxylation is 1. The topological polar surface area (TPSA) is 52.3 Å². The third-order valence-corrected chi connectivity index (χ3v) is 3.53. The van der Waals surface area contributed by atoms with Gasteiger partial charge in [-0.2, -0.15) is 0 Å². The smallest absolute Gasteiger partial charge is 0.338 e. The van der Waals surface area contributed by atoms with Crippen molar-refractivity contribution in [3.8, 4) is 0 Å². The molecular formula is C15H13BrClNO2. The number of anilines is 1. The normalized spacial score (nSPS) is 10.3. The fourth-order valence-corrected chi connectivity index (χ4v) is 2.53. The summed E-state index contributed by atoms with van der Waals surface area (Å²) in [4.78, 5) is 12.0. The number of hydrogen-bond donors (Lipinski definition) is 1. The van der Waals surface area contributed by atoms with Gasteiger partial charge in [0.05, 0.1) is 5.56 Å². The number of nitrogens with two attached hydrogens (primary N) is 1. The van der Waals surface area contributed by atoms with Crippen molar-refractivity contribution in [2.45, 2.75) is 13.5 Å². The summed E-state index contributed by atoms with van der Waals surface area (Å²) in [7, 11) is 0. The second-order valence-corrected chi connectivity index (χ2v) is 5.77. The standard InChI is InChI=1S/C15H13BrClNO2/c1-9-2-3-10(14(17)4-9)8-20-15(19)11-5-12(16)7-13(18)6-11/h2-7H,8,18H2,1H3. The minimum Gasteiger partial charge on any atom is -0.457 e. The molecule has 0 saturated carbocycles. The third kappa shape index (κ3) is 3.74. The van der Waals surface area contributed by atoms with E-state index < -0.39 is 5.97 Å². The van der Waals surface area contributed by atoms with Crippen molar-refractivity contribution in [1.82, 2.24) is 0 Å². The van der Waals surface area contributed by atoms with Crippen molar-refractivity contribution in [1.29, 1.82) is 0 Å². The van der Waals surface area contributed by atoms with E-state index in [2.05, 4.69) is 15.9 Å². The first kappa shape index (κ1) is 14.9. The van der Waals surface area contributed by atoms with Gasteiger partial charge in [-0.05, 0) is 36.8 Å². The SMILES string of the molecule is Cc1ccc(COC(=O)c2cc(N)cc(Br)c2)c(Cl)c1. The summed E-state index contributed by atoms with van der Waals surface area (Å²) in [5.74, 6) is -0.436. The van der Waals surface area contributed by atoms with Crippen LogP contribution in [0, 0.1) is 6.92 Å². The maximum Gasteiger partial charge on any atom is 0.338 e. The van der Waals surface area contributed by atoms with Crippen LogP contribution in [0.5, 0.6) is 0 Å². The highest BCUT2D eigenvalue weighted by Crippen LogP contribution is 2.21. The number of esters is 1. The highest BCUT2D eigenvalue weighted by Gasteiger charge is 2.10. The van der Waals surface area contributed by atoms with Crippen LogP contribution in [0.15, 0.2) is 40.9 Å². The van der Waals surface area contributed by atoms with Crippen molar-refractivity contribution in [3.63, 3.8) is 0 Å². The van der Waals surface area contributed by atoms with E-state index in [0.717, 1.165) is 15.6 Å². The first-order valence-corrected chi connectivity index (χ1v) is 7.11. The van der Waals surface area contributed by atoms with E-state index in [0.29, 0.717) is 16.3 Å². The van der Waals surface area contributed by atoms with Crippen molar-refractivity contribution >= 4 is 39.2 Å². The number of rotatable bonds is 3. The van der Waals surface area contributed by atoms with Crippen molar-refractivity contribution in [3.05, 3.63) is 62.6 Å². The maximum atomic E-state index is 12.0. The number of ether oxygens (including phenoxy) is 1. The zero-order chi connectivity index (χ0) is 14.7. The zero-order valence-electron chi connectivity index (χ0n) is 10.8. The van der Waals surface area contributed by atoms with Gasteiger partial charge in [0.1, 0.15) is 6.61 Å². The number of halogens is 2. The summed E-state index contributed by atoms with van der Waals surface area (Å²) >= 11 is 9.38. The van der Waals surface area contributed by atoms with Crippen molar-refractivity contribution in [2.24, 2.45) is 0 Å². The average molecular weight is 355 g/mol. The monoisotopic (exact) mass is 353 g/mol. The second-order valence-electron chi connectivity index (χ2n) is 4.44. The molecule has 2 rings (SSSR count). The lowest BCUT2D eigenvalue weighted by Crippen LogP contribution is -2.06. The molecule has 0 saturated heterocycles. The Bertz CT molecular complexity index is 638. The molecule has 0 aromatic heterocycles. The fourth-order valence-electron chi connectivity index (χ4n) is 1.73. The van der Waals surface area contributed by atoms with Gasteiger partial charge in [-0.3, -0.25) is 0 Å². The van der Waals surface area contributed by atoms with Crippen LogP contribution < -0.4 is 5.73 Å². The highest BCUT2D eigenvalue weighted by atomic mass is 79.9. The van der Waals surface area contributed by atoms with Gasteiger partial charge in [0, 0.05) is 20.7 Å². The molecule has 0 heterocycles. The van der Waals surface area contributed by atoms with Gasteiger partial charge < -0.3 is 10.5 Å². The molecule has 2 aromatic rings. The second kappa shape index (κ2) is 6.29. The number of carbonyl (C=O) groups is 1. The molecular weight excluding hydrogens is 342 g/mol. The minimum absolute atomic E-state index is 0.129. The molecule has 3 nitrogen and oxygen atoms in total. The maximum absolute atomic E-state index is 12.0. The van der Waals surface area contributed by atoms with Crippen LogP contribution in [-0.2, 0) is 11.3 Å². The zero-order valence-corrected chi connectivity index (χ0v) is 13.2. The summed E-state index contributed by atoms with van der Waals surface area (Å²) in [5.41, 5.74) is 8.42. The number of benzene rings is 2. The molecule has 104 valence electrons. The molecule has 2 aromatic carbocycles. The molecule has 0 unspecified atom stereocenters. The summed E-state index contributed by atoms with van der Waals surface area (Å²) in [6.45, 7) is 2.08. The summed E-state index contributed by atoms with van der Waals surface area (Å²) in [6, 6.07) is 10.6. The first-order chi connectivity index (χ1) is 9.45. The van der Waals surface area contributed by atoms with E-state index in [-0.39, 0.29) is 6.61 Å². The molecule has 20 heavy (non-hydrogen) atoms. The van der Waals surface area contributed by atoms with Gasteiger partial charge in [-0.15, -0.1) is 0 Å². The number of nitrogen functional groups attached to an aromatic ring is 1. The number of carbonyl (C=O) groups excluding carboxylic acids is 1. The Hall–Kier alpha value is -1.52. The lowest BCUT2D eigenvalue weighted by atomic mass is 10.1. The molecule has 0 bridgehead atoms. The Kier molecular flexibility index (Phi) is 4.68. The summed E-state index contributed by atoms with van der Waals surface area (Å²) < 4.78 is 5.98. The summed E-state index contributed by atoms with van der Waals surface area (Å²) in [5, 5.41) is 0.589. The van der Waals surface area contributed by atoms with Gasteiger partial charge in [-0.25, -0.2) is 4.79 Å². The molecule has 0 atom stereocenters. The molecule has 5 heteroatoms. The minimum atomic E-state index is -0.436. The Morgan fingerprint density at radius 3 is 2.70 bits per heavy atom. The third-order valence-electron chi connectivity index (χ3n) is 2.72. The molecule has 0 radical (unpaired) electrons. The van der Waals surface area contributed by atoms with Crippen LogP contribution in [0.25, 0.3) is 0 Å². The predicted octanol–water partition coefficient (Wildman–Crippen LogP) is 4.35. The lowest BCUT2D eigenvalue weighted by molar-refractivity contribution is 0.0473. The van der Waals surface area contributed by atoms with Crippen LogP contribution in [0.4, 0.5) is 5.69 Å². The van der Waals surface area contributed by atoms with Gasteiger partial charge in [0.15, 0.2) is 0 Å². The van der Waals surface area contributed by atoms with E-state index in [1.165, 1.54) is 0 Å². The van der Waals surface area contributed by atoms with E-state index in [1.54, 1.807) is 18.2 Å². The van der Waals surface area contributed by atoms with Gasteiger partial charge >= 0.3 is 5.97 Å². The summed E-state index contributed by atoms with van der Waals surface area (Å²) in [6.07, 6.45) is 0. The van der Waals surface area contributed by atoms with Gasteiger partial charge in [0.25, 0.3) is 0 Å². The van der Waals surface area contributed by atoms with E-state index in [4.69, 9.17) is 22.1 Å². The molecule has 2 N–H and O–H groups in total. The molecule has 0 fully saturated rings. The van der Waals surface area contributed by atoms with Gasteiger partial charge in [0.2, 0.25) is 0 Å². The van der Waals surface area contributed by atoms with E-state index >= 15 is 0 Å². The fraction of sp³-hybridized carbons (Fsp3) is 0.133. The highest BCUT2D eigenvalue weighted by molar-refractivity contribution is 9.10. The molecule has 0 amide bonds. The Morgan fingerprint density at radius 1 is 1.30 bits per heavy atom. The predicted molar refractivity (Wildman–Crippen MR) is 83.9 cm³/mol. The lowest BCUT2D eigenvalue weighted by Gasteiger charge is -2.08. The van der Waals surface area contributed by atoms with Crippen LogP contribution in [0.1, 0.15) is 21.5 Å². The molecule has 0 aliphatic heterocycles. The van der Waals surface area contributed by atoms with Crippen LogP contribution in [-0.4, -0.2) is 5.97 Å². The quantitative estimate of drug-likeness (QED) is 0.658. The van der Waals surface area contributed by atoms with E-state index in [1.807, 2.05) is 25.1 Å². The van der Waals surface area contributed by atoms with Crippen LogP contribution >= 0.6 is 27.5 Å². The molecule has 0 aliphatic carbocycles. The largest absolute Gasteiger partial charge is 0.457 e. The van der Waals surface area contributed by atoms with Crippen molar-refractivity contribution in [2.75, 3.05) is 5.73 Å². The Balaban J connectivity index is 2.08. The average Bonchev–Trinajstić information content (AvgIpc) is 2.36.